The van der Waals surface area contributed by atoms with Crippen LogP contribution >= 0.6 is 34.3 Å². The highest BCUT2D eigenvalue weighted by Crippen LogP contribution is 2.33. The molecule has 2 aromatic heterocycles. The normalized spacial score (nSPS) is 19.1. The van der Waals surface area contributed by atoms with Crippen LogP contribution in [0.15, 0.2) is 33.6 Å². The van der Waals surface area contributed by atoms with Gasteiger partial charge in [0.2, 0.25) is 5.91 Å². The monoisotopic (exact) mass is 510 g/mol. The molecule has 0 spiro atoms. The number of thiazole rings is 1. The van der Waals surface area contributed by atoms with Crippen molar-refractivity contribution < 1.29 is 18.4 Å². The van der Waals surface area contributed by atoms with Crippen molar-refractivity contribution in [1.29, 1.82) is 0 Å². The van der Waals surface area contributed by atoms with Crippen LogP contribution in [0.4, 0.5) is 0 Å². The molecule has 1 N–H and O–H groups in total. The molecule has 0 unspecified atom stereocenters. The minimum Gasteiger partial charge on any atom is -0.411 e. The smallest absolute Gasteiger partial charge is 0.253 e. The number of sulfonamides is 1. The van der Waals surface area contributed by atoms with Crippen LogP contribution in [-0.4, -0.2) is 59.1 Å². The van der Waals surface area contributed by atoms with Gasteiger partial charge >= 0.3 is 0 Å². The standard InChI is InChI=1S/C20H19ClN4O4S3/c21-13-5-4-12-8-19(31-16(12)9-13)32(28,29)25-7-6-24(18(26)11-25)10-17-22-20-14(23-27)2-1-3-15(20)30-17/h4-5,8-9,27H,1-3,6-7,10-11H2. The van der Waals surface area contributed by atoms with E-state index < -0.39 is 10.0 Å². The molecule has 12 heteroatoms. The van der Waals surface area contributed by atoms with Crippen LogP contribution < -0.4 is 0 Å². The Bertz CT molecular complexity index is 1350. The predicted molar refractivity (Wildman–Crippen MR) is 124 cm³/mol. The van der Waals surface area contributed by atoms with Gasteiger partial charge in [-0.15, -0.1) is 22.7 Å². The molecule has 3 heterocycles. The summed E-state index contributed by atoms with van der Waals surface area (Å²) in [5.41, 5.74) is 1.30. The van der Waals surface area contributed by atoms with E-state index in [0.29, 0.717) is 30.2 Å². The van der Waals surface area contributed by atoms with E-state index in [1.54, 1.807) is 29.2 Å². The lowest BCUT2D eigenvalue weighted by Gasteiger charge is -2.32. The number of oxime groups is 1. The Kier molecular flexibility index (Phi) is 5.70. The van der Waals surface area contributed by atoms with Gasteiger partial charge in [-0.1, -0.05) is 22.8 Å². The van der Waals surface area contributed by atoms with Crippen molar-refractivity contribution in [3.63, 3.8) is 0 Å². The maximum Gasteiger partial charge on any atom is 0.253 e. The molecule has 0 atom stereocenters. The van der Waals surface area contributed by atoms with Crippen molar-refractivity contribution in [3.05, 3.63) is 44.9 Å². The van der Waals surface area contributed by atoms with Crippen LogP contribution in [0.3, 0.4) is 0 Å². The minimum atomic E-state index is -3.77. The third-order valence-corrected chi connectivity index (χ3v) is 10.3. The largest absolute Gasteiger partial charge is 0.411 e. The van der Waals surface area contributed by atoms with Crippen molar-refractivity contribution in [2.24, 2.45) is 5.16 Å². The highest BCUT2D eigenvalue weighted by molar-refractivity contribution is 7.91. The van der Waals surface area contributed by atoms with Gasteiger partial charge in [0.05, 0.1) is 13.1 Å². The van der Waals surface area contributed by atoms with Crippen LogP contribution in [-0.2, 0) is 27.8 Å². The Morgan fingerprint density at radius 3 is 2.81 bits per heavy atom. The van der Waals surface area contributed by atoms with Crippen LogP contribution in [0.2, 0.25) is 5.02 Å². The molecule has 8 nitrogen and oxygen atoms in total. The average Bonchev–Trinajstić information content (AvgIpc) is 3.38. The molecule has 1 aliphatic heterocycles. The number of carbonyl (C=O) groups is 1. The number of thiophene rings is 1. The molecule has 5 rings (SSSR count). The second-order valence-electron chi connectivity index (χ2n) is 7.68. The summed E-state index contributed by atoms with van der Waals surface area (Å²) in [6, 6.07) is 6.88. The molecule has 0 bridgehead atoms. The second kappa shape index (κ2) is 8.38. The van der Waals surface area contributed by atoms with Gasteiger partial charge in [0.15, 0.2) is 0 Å². The topological polar surface area (TPSA) is 103 Å². The fourth-order valence-corrected chi connectivity index (χ4v) is 8.31. The van der Waals surface area contributed by atoms with Gasteiger partial charge in [-0.2, -0.15) is 4.31 Å². The first-order valence-corrected chi connectivity index (χ1v) is 13.5. The van der Waals surface area contributed by atoms with E-state index in [9.17, 15) is 18.4 Å². The van der Waals surface area contributed by atoms with Gasteiger partial charge in [-0.05, 0) is 42.8 Å². The lowest BCUT2D eigenvalue weighted by atomic mass is 10.0. The number of fused-ring (bicyclic) bond motifs is 2. The van der Waals surface area contributed by atoms with E-state index in [0.717, 1.165) is 49.8 Å². The van der Waals surface area contributed by atoms with E-state index >= 15 is 0 Å². The molecular formula is C20H19ClN4O4S3. The summed E-state index contributed by atoms with van der Waals surface area (Å²) in [5, 5.41) is 14.7. The number of aryl methyl sites for hydroxylation is 1. The summed E-state index contributed by atoms with van der Waals surface area (Å²) in [6.07, 6.45) is 2.48. The molecule has 1 amide bonds. The molecule has 168 valence electrons. The Morgan fingerprint density at radius 1 is 1.19 bits per heavy atom. The van der Waals surface area contributed by atoms with Crippen LogP contribution in [0.25, 0.3) is 10.1 Å². The number of carbonyl (C=O) groups excluding carboxylic acids is 1. The Balaban J connectivity index is 1.31. The van der Waals surface area contributed by atoms with Crippen LogP contribution in [0.5, 0.6) is 0 Å². The number of hydrogen-bond donors (Lipinski definition) is 1. The maximum absolute atomic E-state index is 13.1. The molecule has 0 radical (unpaired) electrons. The first kappa shape index (κ1) is 21.8. The SMILES string of the molecule is O=C1CN(S(=O)(=O)c2cc3ccc(Cl)cc3s2)CCN1Cc1nc2c(s1)CCCC2=NO. The van der Waals surface area contributed by atoms with Gasteiger partial charge < -0.3 is 10.1 Å². The van der Waals surface area contributed by atoms with Gasteiger partial charge in [0.25, 0.3) is 10.0 Å². The summed E-state index contributed by atoms with van der Waals surface area (Å²) in [5.74, 6) is -0.256. The number of rotatable bonds is 4. The first-order valence-electron chi connectivity index (χ1n) is 10.0. The van der Waals surface area contributed by atoms with Crippen LogP contribution in [0.1, 0.15) is 28.4 Å². The zero-order chi connectivity index (χ0) is 22.5. The first-order chi connectivity index (χ1) is 15.3. The van der Waals surface area contributed by atoms with E-state index in [4.69, 9.17) is 11.6 Å². The zero-order valence-corrected chi connectivity index (χ0v) is 20.0. The molecule has 1 aromatic carbocycles. The molecular weight excluding hydrogens is 492 g/mol. The quantitative estimate of drug-likeness (QED) is 0.427. The number of hydrogen-bond acceptors (Lipinski definition) is 8. The van der Waals surface area contributed by atoms with Crippen molar-refractivity contribution in [2.75, 3.05) is 19.6 Å². The van der Waals surface area contributed by atoms with Crippen LogP contribution in [0, 0.1) is 0 Å². The van der Waals surface area contributed by atoms with Gasteiger partial charge in [-0.3, -0.25) is 4.79 Å². The van der Waals surface area contributed by atoms with E-state index in [-0.39, 0.29) is 23.2 Å². The zero-order valence-electron chi connectivity index (χ0n) is 16.8. The number of nitrogens with zero attached hydrogens (tertiary/aromatic N) is 4. The minimum absolute atomic E-state index is 0.203. The maximum atomic E-state index is 13.1. The van der Waals surface area contributed by atoms with Crippen molar-refractivity contribution >= 4 is 66.0 Å². The number of amides is 1. The van der Waals surface area contributed by atoms with Gasteiger partial charge in [0.1, 0.15) is 20.6 Å². The third kappa shape index (κ3) is 3.92. The summed E-state index contributed by atoms with van der Waals surface area (Å²) < 4.78 is 28.5. The van der Waals surface area contributed by atoms with Crippen molar-refractivity contribution in [1.82, 2.24) is 14.2 Å². The summed E-state index contributed by atoms with van der Waals surface area (Å²) in [7, 11) is -3.77. The predicted octanol–water partition coefficient (Wildman–Crippen LogP) is 3.56. The fraction of sp³-hybridized carbons (Fsp3) is 0.350. The lowest BCUT2D eigenvalue weighted by molar-refractivity contribution is -0.134. The fourth-order valence-electron chi connectivity index (χ4n) is 3.95. The number of aromatic nitrogens is 1. The van der Waals surface area contributed by atoms with E-state index in [1.807, 2.05) is 0 Å². The molecule has 2 aliphatic rings. The molecule has 0 saturated carbocycles. The molecule has 1 aliphatic carbocycles. The van der Waals surface area contributed by atoms with Crippen molar-refractivity contribution in [3.8, 4) is 0 Å². The summed E-state index contributed by atoms with van der Waals surface area (Å²) in [6.45, 7) is 0.633. The van der Waals surface area contributed by atoms with Gasteiger partial charge in [0, 0.05) is 27.7 Å². The number of halogens is 1. The van der Waals surface area contributed by atoms with E-state index in [1.165, 1.54) is 15.6 Å². The summed E-state index contributed by atoms with van der Waals surface area (Å²) in [4.78, 5) is 20.1. The molecule has 1 saturated heterocycles. The molecule has 32 heavy (non-hydrogen) atoms. The Morgan fingerprint density at radius 2 is 2.03 bits per heavy atom. The molecule has 1 fully saturated rings. The number of piperazine rings is 1. The molecule has 3 aromatic rings. The summed E-state index contributed by atoms with van der Waals surface area (Å²) >= 11 is 8.69. The van der Waals surface area contributed by atoms with E-state index in [2.05, 4.69) is 10.1 Å². The van der Waals surface area contributed by atoms with Crippen molar-refractivity contribution in [2.45, 2.75) is 30.0 Å². The van der Waals surface area contributed by atoms with Gasteiger partial charge in [-0.25, -0.2) is 13.4 Å². The lowest BCUT2D eigenvalue weighted by Crippen LogP contribution is -2.51. The highest BCUT2D eigenvalue weighted by atomic mass is 35.5. The Hall–Kier alpha value is -2.05. The third-order valence-electron chi connectivity index (χ3n) is 5.62. The highest BCUT2D eigenvalue weighted by Gasteiger charge is 2.34. The number of benzene rings is 1. The second-order valence-corrected chi connectivity index (χ2v) is 12.5. The average molecular weight is 511 g/mol. The Labute approximate surface area is 197 Å².